The lowest BCUT2D eigenvalue weighted by Gasteiger charge is -2.36. The molecule has 6 aliphatic rings. The zero-order valence-electron chi connectivity index (χ0n) is 60.7. The van der Waals surface area contributed by atoms with Crippen LogP contribution in [-0.2, 0) is 18.5 Å². The number of hydrogen-bond donors (Lipinski definition) is 9. The number of fused-ring (bicyclic) bond motifs is 12. The summed E-state index contributed by atoms with van der Waals surface area (Å²) in [7, 11) is 0. The third-order valence-corrected chi connectivity index (χ3v) is 18.9. The zero-order valence-corrected chi connectivity index (χ0v) is 60.7. The summed E-state index contributed by atoms with van der Waals surface area (Å²) in [6, 6.07) is 16.6. The number of pyridine rings is 1. The van der Waals surface area contributed by atoms with Crippen LogP contribution in [0.25, 0.3) is 34.2 Å². The van der Waals surface area contributed by atoms with Crippen molar-refractivity contribution in [3.05, 3.63) is 150 Å². The summed E-state index contributed by atoms with van der Waals surface area (Å²) >= 11 is 0. The normalized spacial score (nSPS) is 17.3. The van der Waals surface area contributed by atoms with Gasteiger partial charge in [-0.1, -0.05) is 36.4 Å². The second kappa shape index (κ2) is 33.3. The molecule has 9 N–H and O–H groups in total. The molecule has 0 saturated carbocycles. The maximum atomic E-state index is 13.5. The van der Waals surface area contributed by atoms with Crippen molar-refractivity contribution in [3.8, 4) is 51.9 Å². The first-order chi connectivity index (χ1) is 54.4. The van der Waals surface area contributed by atoms with E-state index in [4.69, 9.17) is 29.5 Å². The summed E-state index contributed by atoms with van der Waals surface area (Å²) in [5.74, 6) is 1.35. The van der Waals surface area contributed by atoms with E-state index in [1.54, 1.807) is 26.8 Å². The van der Waals surface area contributed by atoms with E-state index < -0.39 is 91.4 Å². The monoisotopic (exact) mass is 1590 g/mol. The highest BCUT2D eigenvalue weighted by atomic mass is 19.4. The number of benzene rings is 3. The smallest absolute Gasteiger partial charge is 0.416 e. The zero-order chi connectivity index (χ0) is 81.1. The number of ether oxygens (including phenoxy) is 3. The van der Waals surface area contributed by atoms with Crippen LogP contribution in [0.5, 0.6) is 17.8 Å². The van der Waals surface area contributed by atoms with Crippen molar-refractivity contribution in [3.63, 3.8) is 0 Å². The molecule has 6 atom stereocenters. The molecule has 9 aromatic rings. The van der Waals surface area contributed by atoms with Crippen LogP contribution in [-0.4, -0.2) is 219 Å². The second-order valence-electron chi connectivity index (χ2n) is 27.0. The van der Waals surface area contributed by atoms with E-state index in [9.17, 15) is 69.2 Å². The number of anilines is 9. The van der Waals surface area contributed by atoms with E-state index in [2.05, 4.69) is 85.5 Å². The van der Waals surface area contributed by atoms with Crippen molar-refractivity contribution < 1.29 is 98.7 Å². The third kappa shape index (κ3) is 17.9. The van der Waals surface area contributed by atoms with Gasteiger partial charge < -0.3 is 70.2 Å². The van der Waals surface area contributed by atoms with Crippen molar-refractivity contribution in [2.24, 2.45) is 0 Å². The molecular formula is C73H73F9N20O12. The first-order valence-corrected chi connectivity index (χ1v) is 35.5. The van der Waals surface area contributed by atoms with Gasteiger partial charge in [0.2, 0.25) is 17.7 Å². The van der Waals surface area contributed by atoms with Crippen molar-refractivity contribution in [1.82, 2.24) is 54.8 Å². The van der Waals surface area contributed by atoms with Crippen molar-refractivity contribution in [1.29, 1.82) is 0 Å². The van der Waals surface area contributed by atoms with Gasteiger partial charge in [0, 0.05) is 86.2 Å². The molecule has 114 heavy (non-hydrogen) atoms. The van der Waals surface area contributed by atoms with Crippen molar-refractivity contribution in [2.45, 2.75) is 95.0 Å². The number of aromatic nitrogens is 11. The summed E-state index contributed by atoms with van der Waals surface area (Å²) in [4.78, 5) is 98.5. The van der Waals surface area contributed by atoms with Gasteiger partial charge in [0.15, 0.2) is 34.9 Å². The second-order valence-corrected chi connectivity index (χ2v) is 27.0. The molecule has 3 aromatic carbocycles. The number of halogens is 9. The van der Waals surface area contributed by atoms with Crippen molar-refractivity contribution >= 4 is 69.9 Å². The average Bonchev–Trinajstić information content (AvgIpc) is 1.53. The quantitative estimate of drug-likeness (QED) is 0.0363. The van der Waals surface area contributed by atoms with Gasteiger partial charge in [-0.25, -0.2) is 64.2 Å². The molecule has 41 heteroatoms. The summed E-state index contributed by atoms with van der Waals surface area (Å²) in [6.07, 6.45) is -9.32. The Bertz CT molecular complexity index is 4820. The fourth-order valence-electron chi connectivity index (χ4n) is 13.7. The molecule has 15 rings (SSSR count). The molecule has 0 spiro atoms. The molecule has 6 aliphatic heterocycles. The summed E-state index contributed by atoms with van der Waals surface area (Å²) in [6.45, 7) is 6.99. The van der Waals surface area contributed by atoms with Gasteiger partial charge in [0.05, 0.1) is 89.8 Å². The summed E-state index contributed by atoms with van der Waals surface area (Å²) in [5.41, 5.74) is 2.38. The van der Waals surface area contributed by atoms with Crippen LogP contribution in [0.2, 0.25) is 0 Å². The number of aliphatic hydroxyl groups excluding tert-OH is 6. The number of urea groups is 3. The standard InChI is InChI=1S/C25H25F3N6O4.2C24H24F3N7O4/c1-14-21-23(32-22(30-14)15-3-2-4-16(9-15)25(26,27)28)34(18-6-8-33(21)11-18)24(37)31-17-5-7-29-20(10-17)38-13-19(36)12-35;1-13-19-21(31-20(29-13)14-3-2-4-15(9-14)24(25,26)27)34(16-6-8-33(19)10-16)23(37)32-22-28-7-5-18(30-22)38-12-17(36)11-35;1-13-19-21(32-20(30-13)14-3-2-4-15(7-14)24(25,26)27)34(17-5-6-33(19)10-17)23(37)31-16-8-28-22(29-9-16)38-12-18(36)11-35/h2-5,7,9-10,18-19,35-36H,6,8,11-13H2,1H3,(H,29,31,37);2-5,7,9,16-17,35-36H,6,8,10-12H2,1H3,(H,28,30,32,37);2-4,7-9,17-18,35-36H,5-6,10-12H2,1H3,(H,31,37)/t18-,19-;16-,17+;17-,18+/m000/s1. The fraction of sp³-hybridized carbons (Fsp3) is 0.370. The van der Waals surface area contributed by atoms with Gasteiger partial charge >= 0.3 is 42.6 Å². The van der Waals surface area contributed by atoms with E-state index in [1.165, 1.54) is 88.0 Å². The first kappa shape index (κ1) is 80.0. The molecule has 3 saturated heterocycles. The molecule has 32 nitrogen and oxygen atoms in total. The lowest BCUT2D eigenvalue weighted by molar-refractivity contribution is -0.138. The number of nitrogens with one attached hydrogen (secondary N) is 3. The number of nitrogens with zero attached hydrogens (tertiary/aromatic N) is 17. The van der Waals surface area contributed by atoms with E-state index in [-0.39, 0.29) is 107 Å². The number of hydrogen-bond acceptors (Lipinski definition) is 26. The predicted molar refractivity (Wildman–Crippen MR) is 392 cm³/mol. The van der Waals surface area contributed by atoms with Crippen LogP contribution in [0.15, 0.2) is 116 Å². The lowest BCUT2D eigenvalue weighted by atomic mass is 10.1. The molecule has 0 radical (unpaired) electrons. The highest BCUT2D eigenvalue weighted by molar-refractivity contribution is 6.07. The van der Waals surface area contributed by atoms with Crippen LogP contribution in [0.4, 0.5) is 106 Å². The topological polar surface area (TPSA) is 398 Å². The Morgan fingerprint density at radius 2 is 0.816 bits per heavy atom. The maximum Gasteiger partial charge on any atom is 0.416 e. The number of amides is 6. The third-order valence-electron chi connectivity index (χ3n) is 18.9. The van der Waals surface area contributed by atoms with Gasteiger partial charge in [-0.15, -0.1) is 0 Å². The van der Waals surface area contributed by atoms with Gasteiger partial charge in [-0.05, 0) is 82.5 Å². The Labute approximate surface area is 642 Å². The summed E-state index contributed by atoms with van der Waals surface area (Å²) < 4.78 is 136. The number of carbonyl (C=O) groups is 3. The lowest BCUT2D eigenvalue weighted by Crippen LogP contribution is -2.48. The van der Waals surface area contributed by atoms with Crippen LogP contribution < -0.4 is 59.6 Å². The van der Waals surface area contributed by atoms with Gasteiger partial charge in [-0.3, -0.25) is 20.0 Å². The molecule has 6 bridgehead atoms. The molecule has 6 amide bonds. The van der Waals surface area contributed by atoms with Gasteiger partial charge in [0.1, 0.15) is 55.2 Å². The van der Waals surface area contributed by atoms with E-state index in [0.717, 1.165) is 36.4 Å². The van der Waals surface area contributed by atoms with Crippen LogP contribution in [0.1, 0.15) is 53.0 Å². The number of aryl methyl sites for hydroxylation is 3. The Morgan fingerprint density at radius 1 is 0.447 bits per heavy atom. The largest absolute Gasteiger partial charge is 0.475 e. The molecule has 0 unspecified atom stereocenters. The maximum absolute atomic E-state index is 13.5. The highest BCUT2D eigenvalue weighted by Crippen LogP contribution is 2.46. The van der Waals surface area contributed by atoms with Crippen LogP contribution in [0, 0.1) is 20.8 Å². The Morgan fingerprint density at radius 3 is 1.21 bits per heavy atom. The minimum absolute atomic E-state index is 0.0423. The molecule has 12 heterocycles. The minimum Gasteiger partial charge on any atom is -0.475 e. The molecule has 600 valence electrons. The Balaban J connectivity index is 0.000000149. The van der Waals surface area contributed by atoms with Crippen molar-refractivity contribution in [2.75, 3.05) is 124 Å². The molecule has 0 aliphatic carbocycles. The van der Waals surface area contributed by atoms with Gasteiger partial charge in [0.25, 0.3) is 0 Å². The Hall–Kier alpha value is -12.1. The molecule has 3 fully saturated rings. The van der Waals surface area contributed by atoms with Crippen LogP contribution in [0.3, 0.4) is 0 Å². The predicted octanol–water partition coefficient (Wildman–Crippen LogP) is 8.48. The average molecular weight is 1590 g/mol. The van der Waals surface area contributed by atoms with E-state index in [1.807, 2.05) is 0 Å². The van der Waals surface area contributed by atoms with E-state index >= 15 is 0 Å². The summed E-state index contributed by atoms with van der Waals surface area (Å²) in [5, 5.41) is 63.3. The van der Waals surface area contributed by atoms with Crippen LogP contribution >= 0.6 is 0 Å². The fourth-order valence-corrected chi connectivity index (χ4v) is 13.7. The number of carbonyl (C=O) groups excluding carboxylic acids is 3. The molecular weight excluding hydrogens is 1520 g/mol. The number of rotatable bonds is 18. The minimum atomic E-state index is -4.52. The van der Waals surface area contributed by atoms with E-state index in [0.29, 0.717) is 110 Å². The Kier molecular flexibility index (Phi) is 23.4. The SMILES string of the molecule is Cc1nc(-c2cccc(C(F)(F)F)c2)nc2c1N1CC[C@@H](C1)N2C(=O)Nc1ccnc(OC[C@@H](O)CO)c1.Cc1nc(-c2cccc(C(F)(F)F)c2)nc2c1N1CC[C@@H](C1)N2C(=O)Nc1cnc(OC[C@H](O)CO)nc1.Cc1nc(-c2cccc(C(F)(F)F)c2)nc2c1N1CC[C@@H](C1)N2C(=O)Nc1nccc(OC[C@H](O)CO)n1. The van der Waals surface area contributed by atoms with Gasteiger partial charge in [-0.2, -0.15) is 44.5 Å². The number of alkyl halides is 9. The molecule has 6 aromatic heterocycles. The highest BCUT2D eigenvalue weighted by Gasteiger charge is 2.46. The first-order valence-electron chi connectivity index (χ1n) is 35.5. The number of aliphatic hydroxyl groups is 6.